The summed E-state index contributed by atoms with van der Waals surface area (Å²) in [5.74, 6) is -0.654. The fourth-order valence-corrected chi connectivity index (χ4v) is 4.02. The van der Waals surface area contributed by atoms with Gasteiger partial charge >= 0.3 is 0 Å². The number of carbonyl (C=O) groups is 2. The number of aromatic hydroxyl groups is 2. The van der Waals surface area contributed by atoms with Crippen molar-refractivity contribution in [2.45, 2.75) is 18.4 Å². The molecule has 0 atom stereocenters. The average Bonchev–Trinajstić information content (AvgIpc) is 3.37. The van der Waals surface area contributed by atoms with E-state index >= 15 is 0 Å². The van der Waals surface area contributed by atoms with Crippen molar-refractivity contribution in [1.29, 1.82) is 0 Å². The summed E-state index contributed by atoms with van der Waals surface area (Å²) in [6.45, 7) is 1.39. The van der Waals surface area contributed by atoms with Crippen LogP contribution in [0.5, 0.6) is 11.5 Å². The summed E-state index contributed by atoms with van der Waals surface area (Å²) >= 11 is 0. The van der Waals surface area contributed by atoms with Crippen molar-refractivity contribution >= 4 is 22.7 Å². The zero-order valence-corrected chi connectivity index (χ0v) is 16.7. The second kappa shape index (κ2) is 6.98. The van der Waals surface area contributed by atoms with Gasteiger partial charge in [0.15, 0.2) is 0 Å². The van der Waals surface area contributed by atoms with E-state index in [1.165, 1.54) is 6.07 Å². The smallest absolute Gasteiger partial charge is 0.257 e. The van der Waals surface area contributed by atoms with Crippen LogP contribution in [0.4, 0.5) is 0 Å². The van der Waals surface area contributed by atoms with Gasteiger partial charge in [0.05, 0.1) is 5.56 Å². The third-order valence-electron chi connectivity index (χ3n) is 6.05. The maximum Gasteiger partial charge on any atom is 0.257 e. The molecule has 0 bridgehead atoms. The second-order valence-electron chi connectivity index (χ2n) is 8.12. The number of rotatable bonds is 3. The Kier molecular flexibility index (Phi) is 4.37. The highest BCUT2D eigenvalue weighted by Gasteiger charge is 2.50. The number of phenolic OH excluding ortho intramolecular Hbond substituents is 2. The lowest BCUT2D eigenvalue weighted by Gasteiger charge is -2.35. The minimum Gasteiger partial charge on any atom is -0.507 e. The topological polar surface area (TPSA) is 130 Å². The van der Waals surface area contributed by atoms with Crippen LogP contribution in [-0.4, -0.2) is 78.9 Å². The average molecular weight is 422 g/mol. The number of aromatic nitrogens is 2. The Balaban J connectivity index is 1.33. The molecule has 2 amide bonds. The van der Waals surface area contributed by atoms with Crippen molar-refractivity contribution in [3.63, 3.8) is 0 Å². The van der Waals surface area contributed by atoms with E-state index < -0.39 is 5.60 Å². The highest BCUT2D eigenvalue weighted by atomic mass is 16.3. The largest absolute Gasteiger partial charge is 0.507 e. The van der Waals surface area contributed by atoms with Crippen LogP contribution in [0.3, 0.4) is 0 Å². The molecule has 1 aromatic heterocycles. The molecule has 9 heteroatoms. The molecule has 1 aliphatic heterocycles. The Morgan fingerprint density at radius 1 is 0.968 bits per heavy atom. The number of aliphatic hydroxyl groups is 1. The minimum absolute atomic E-state index is 0.0821. The SMILES string of the molecule is O=C(c1ccc(-c2n[nH]c3c(O)cccc23)cc1O)N1CCN(C(=O)C2(O)CC2)CC1. The lowest BCUT2D eigenvalue weighted by Crippen LogP contribution is -2.53. The molecule has 0 radical (unpaired) electrons. The van der Waals surface area contributed by atoms with Crippen LogP contribution in [-0.2, 0) is 4.79 Å². The van der Waals surface area contributed by atoms with Gasteiger partial charge in [-0.2, -0.15) is 5.10 Å². The number of hydrogen-bond acceptors (Lipinski definition) is 6. The molecule has 0 unspecified atom stereocenters. The Labute approximate surface area is 177 Å². The first kappa shape index (κ1) is 19.4. The molecular weight excluding hydrogens is 400 g/mol. The molecule has 0 spiro atoms. The lowest BCUT2D eigenvalue weighted by molar-refractivity contribution is -0.143. The minimum atomic E-state index is -1.20. The van der Waals surface area contributed by atoms with Gasteiger partial charge in [0, 0.05) is 37.1 Å². The normalized spacial score (nSPS) is 17.7. The fourth-order valence-electron chi connectivity index (χ4n) is 4.02. The van der Waals surface area contributed by atoms with Crippen LogP contribution >= 0.6 is 0 Å². The number of H-pyrrole nitrogens is 1. The van der Waals surface area contributed by atoms with E-state index in [9.17, 15) is 24.9 Å². The number of nitrogens with zero attached hydrogens (tertiary/aromatic N) is 3. The molecular formula is C22H22N4O5. The van der Waals surface area contributed by atoms with Crippen molar-refractivity contribution in [1.82, 2.24) is 20.0 Å². The monoisotopic (exact) mass is 422 g/mol. The van der Waals surface area contributed by atoms with E-state index in [0.717, 1.165) is 0 Å². The quantitative estimate of drug-likeness (QED) is 0.506. The number of carbonyl (C=O) groups excluding carboxylic acids is 2. The Morgan fingerprint density at radius 3 is 2.35 bits per heavy atom. The number of amides is 2. The fraction of sp³-hybridized carbons (Fsp3) is 0.318. The summed E-state index contributed by atoms with van der Waals surface area (Å²) in [6.07, 6.45) is 0.992. The van der Waals surface area contributed by atoms with Gasteiger partial charge in [0.1, 0.15) is 28.3 Å². The highest BCUT2D eigenvalue weighted by Crippen LogP contribution is 2.37. The van der Waals surface area contributed by atoms with Crippen molar-refractivity contribution in [3.05, 3.63) is 42.0 Å². The number of para-hydroxylation sites is 1. The Hall–Kier alpha value is -3.59. The summed E-state index contributed by atoms with van der Waals surface area (Å²) in [6, 6.07) is 9.82. The van der Waals surface area contributed by atoms with Crippen LogP contribution < -0.4 is 0 Å². The zero-order valence-electron chi connectivity index (χ0n) is 16.7. The molecule has 31 heavy (non-hydrogen) atoms. The molecule has 1 aliphatic carbocycles. The van der Waals surface area contributed by atoms with E-state index in [1.54, 1.807) is 34.1 Å². The van der Waals surface area contributed by atoms with Crippen LogP contribution in [0.2, 0.25) is 0 Å². The molecule has 3 aromatic rings. The van der Waals surface area contributed by atoms with Crippen molar-refractivity contribution in [2.75, 3.05) is 26.2 Å². The Morgan fingerprint density at radius 2 is 1.68 bits per heavy atom. The molecule has 9 nitrogen and oxygen atoms in total. The van der Waals surface area contributed by atoms with Crippen LogP contribution in [0, 0.1) is 0 Å². The predicted octanol–water partition coefficient (Wildman–Crippen LogP) is 1.45. The van der Waals surface area contributed by atoms with Crippen molar-refractivity contribution in [2.24, 2.45) is 0 Å². The molecule has 2 aliphatic rings. The van der Waals surface area contributed by atoms with E-state index in [2.05, 4.69) is 10.2 Å². The number of aromatic amines is 1. The molecule has 1 saturated carbocycles. The van der Waals surface area contributed by atoms with Gasteiger partial charge in [-0.1, -0.05) is 18.2 Å². The number of piperazine rings is 1. The summed E-state index contributed by atoms with van der Waals surface area (Å²) in [7, 11) is 0. The summed E-state index contributed by atoms with van der Waals surface area (Å²) in [4.78, 5) is 28.4. The summed E-state index contributed by atoms with van der Waals surface area (Å²) < 4.78 is 0. The Bertz CT molecular complexity index is 1190. The van der Waals surface area contributed by atoms with Gasteiger partial charge in [0.25, 0.3) is 11.8 Å². The zero-order chi connectivity index (χ0) is 21.8. The highest BCUT2D eigenvalue weighted by molar-refractivity contribution is 6.00. The van der Waals surface area contributed by atoms with E-state index in [-0.39, 0.29) is 28.9 Å². The molecule has 2 fully saturated rings. The van der Waals surface area contributed by atoms with Gasteiger partial charge in [-0.3, -0.25) is 14.7 Å². The standard InChI is InChI=1S/C22H22N4O5/c27-16-3-1-2-15-18(23-24-19(15)16)13-4-5-14(17(28)12-13)20(29)25-8-10-26(11-9-25)21(30)22(31)6-7-22/h1-5,12,27-28,31H,6-11H2,(H,23,24). The van der Waals surface area contributed by atoms with Gasteiger partial charge in [-0.15, -0.1) is 0 Å². The van der Waals surface area contributed by atoms with Gasteiger partial charge < -0.3 is 25.1 Å². The number of phenols is 2. The van der Waals surface area contributed by atoms with E-state index in [4.69, 9.17) is 0 Å². The first-order chi connectivity index (χ1) is 14.9. The maximum atomic E-state index is 12.9. The molecule has 2 aromatic carbocycles. The number of fused-ring (bicyclic) bond motifs is 1. The molecule has 1 saturated heterocycles. The number of benzene rings is 2. The number of hydrogen-bond donors (Lipinski definition) is 4. The van der Waals surface area contributed by atoms with Crippen LogP contribution in [0.1, 0.15) is 23.2 Å². The van der Waals surface area contributed by atoms with Gasteiger partial charge in [0.2, 0.25) is 0 Å². The van der Waals surface area contributed by atoms with Crippen molar-refractivity contribution < 1.29 is 24.9 Å². The van der Waals surface area contributed by atoms with E-state index in [0.29, 0.717) is 61.2 Å². The number of nitrogens with one attached hydrogen (secondary N) is 1. The first-order valence-electron chi connectivity index (χ1n) is 10.2. The van der Waals surface area contributed by atoms with Gasteiger partial charge in [-0.25, -0.2) is 0 Å². The molecule has 160 valence electrons. The summed E-state index contributed by atoms with van der Waals surface area (Å²) in [5, 5.41) is 38.2. The van der Waals surface area contributed by atoms with Crippen LogP contribution in [0.25, 0.3) is 22.2 Å². The third kappa shape index (κ3) is 3.27. The molecule has 5 rings (SSSR count). The first-order valence-corrected chi connectivity index (χ1v) is 10.2. The lowest BCUT2D eigenvalue weighted by atomic mass is 10.0. The molecule has 4 N–H and O–H groups in total. The molecule has 2 heterocycles. The van der Waals surface area contributed by atoms with Crippen molar-refractivity contribution in [3.8, 4) is 22.8 Å². The van der Waals surface area contributed by atoms with Crippen LogP contribution in [0.15, 0.2) is 36.4 Å². The second-order valence-corrected chi connectivity index (χ2v) is 8.12. The summed E-state index contributed by atoms with van der Waals surface area (Å²) in [5.41, 5.74) is 0.643. The third-order valence-corrected chi connectivity index (χ3v) is 6.05. The van der Waals surface area contributed by atoms with Gasteiger partial charge in [-0.05, 0) is 31.0 Å². The van der Waals surface area contributed by atoms with E-state index in [1.807, 2.05) is 6.07 Å². The predicted molar refractivity (Wildman–Crippen MR) is 112 cm³/mol. The maximum absolute atomic E-state index is 12.9.